The van der Waals surface area contributed by atoms with E-state index >= 15 is 0 Å². The number of hydrogen-bond donors (Lipinski definition) is 1. The number of nitrogens with one attached hydrogen (secondary N) is 1. The molecule has 3 atom stereocenters. The highest BCUT2D eigenvalue weighted by Gasteiger charge is 2.65. The summed E-state index contributed by atoms with van der Waals surface area (Å²) in [6.07, 6.45) is 7.02. The Labute approximate surface area is 190 Å². The second kappa shape index (κ2) is 8.70. The Morgan fingerprint density at radius 3 is 2.69 bits per heavy atom. The van der Waals surface area contributed by atoms with Gasteiger partial charge in [-0.3, -0.25) is 9.89 Å². The van der Waals surface area contributed by atoms with Gasteiger partial charge in [0, 0.05) is 69.8 Å². The molecule has 0 radical (unpaired) electrons. The molecule has 3 unspecified atom stereocenters. The number of piperazine rings is 1. The van der Waals surface area contributed by atoms with Gasteiger partial charge in [-0.2, -0.15) is 0 Å². The van der Waals surface area contributed by atoms with E-state index in [-0.39, 0.29) is 24.0 Å². The van der Waals surface area contributed by atoms with Gasteiger partial charge in [0.25, 0.3) is 0 Å². The molecule has 1 aromatic heterocycles. The first-order valence-electron chi connectivity index (χ1n) is 10.9. The van der Waals surface area contributed by atoms with Gasteiger partial charge in [0.1, 0.15) is 5.76 Å². The van der Waals surface area contributed by atoms with Gasteiger partial charge < -0.3 is 19.5 Å². The number of rotatable bonds is 3. The smallest absolute Gasteiger partial charge is 0.193 e. The molecule has 0 amide bonds. The molecule has 0 aromatic carbocycles. The van der Waals surface area contributed by atoms with E-state index in [4.69, 9.17) is 9.26 Å². The predicted molar refractivity (Wildman–Crippen MR) is 123 cm³/mol. The largest absolute Gasteiger partial charge is 0.377 e. The lowest BCUT2D eigenvalue weighted by molar-refractivity contribution is -0.125. The summed E-state index contributed by atoms with van der Waals surface area (Å²) in [7, 11) is 1.93. The average molecular weight is 515 g/mol. The van der Waals surface area contributed by atoms with Crippen LogP contribution < -0.4 is 5.32 Å². The zero-order valence-electron chi connectivity index (χ0n) is 17.6. The van der Waals surface area contributed by atoms with E-state index in [1.54, 1.807) is 0 Å². The summed E-state index contributed by atoms with van der Waals surface area (Å²) in [5.74, 6) is 2.64. The minimum Gasteiger partial charge on any atom is -0.377 e. The van der Waals surface area contributed by atoms with Crippen LogP contribution >= 0.6 is 24.0 Å². The minimum atomic E-state index is 0. The van der Waals surface area contributed by atoms with Crippen LogP contribution in [0.5, 0.6) is 0 Å². The number of halogens is 1. The third kappa shape index (κ3) is 3.80. The molecule has 0 bridgehead atoms. The fraction of sp³-hybridized carbons (Fsp3) is 0.810. The van der Waals surface area contributed by atoms with Crippen molar-refractivity contribution < 1.29 is 9.26 Å². The number of aromatic nitrogens is 1. The molecule has 1 aromatic rings. The molecular formula is C21H34IN5O2. The van der Waals surface area contributed by atoms with Gasteiger partial charge in [-0.05, 0) is 26.2 Å². The maximum absolute atomic E-state index is 6.14. The van der Waals surface area contributed by atoms with Crippen molar-refractivity contribution in [1.82, 2.24) is 20.3 Å². The lowest BCUT2D eigenvalue weighted by Crippen LogP contribution is -2.70. The highest BCUT2D eigenvalue weighted by atomic mass is 127. The Bertz CT molecular complexity index is 724. The third-order valence-corrected chi connectivity index (χ3v) is 7.52. The van der Waals surface area contributed by atoms with Crippen molar-refractivity contribution in [3.05, 3.63) is 17.5 Å². The summed E-state index contributed by atoms with van der Waals surface area (Å²) in [5, 5.41) is 8.03. The molecule has 7 nitrogen and oxygen atoms in total. The van der Waals surface area contributed by atoms with Crippen molar-refractivity contribution in [1.29, 1.82) is 0 Å². The molecule has 1 N–H and O–H groups in total. The van der Waals surface area contributed by atoms with Crippen molar-refractivity contribution >= 4 is 29.9 Å². The van der Waals surface area contributed by atoms with E-state index in [0.29, 0.717) is 23.5 Å². The number of aryl methyl sites for hydroxylation is 1. The summed E-state index contributed by atoms with van der Waals surface area (Å²) in [6.45, 7) is 7.80. The number of hydrogen-bond acceptors (Lipinski definition) is 5. The van der Waals surface area contributed by atoms with Crippen molar-refractivity contribution in [3.8, 4) is 0 Å². The van der Waals surface area contributed by atoms with Crippen LogP contribution in [0.1, 0.15) is 43.6 Å². The van der Waals surface area contributed by atoms with Crippen molar-refractivity contribution in [2.75, 3.05) is 39.8 Å². The van der Waals surface area contributed by atoms with Crippen LogP contribution in [0.15, 0.2) is 15.6 Å². The molecule has 3 heterocycles. The standard InChI is InChI=1S/C21H33N5O2.HI/c1-15-13-16(24-28-15)14-25-8-10-26(11-9-25)20(22-2)23-18-17-5-12-27-19(17)21(18)6-3-4-7-21;/h13,17-19H,3-12,14H2,1-2H3,(H,22,23);1H. The monoisotopic (exact) mass is 515 g/mol. The van der Waals surface area contributed by atoms with E-state index < -0.39 is 0 Å². The lowest BCUT2D eigenvalue weighted by atomic mass is 9.54. The summed E-state index contributed by atoms with van der Waals surface area (Å²) >= 11 is 0. The quantitative estimate of drug-likeness (QED) is 0.380. The molecule has 4 fully saturated rings. The normalized spacial score (nSPS) is 31.4. The molecule has 4 aliphatic rings. The molecule has 29 heavy (non-hydrogen) atoms. The van der Waals surface area contributed by atoms with Gasteiger partial charge in [0.05, 0.1) is 11.8 Å². The summed E-state index contributed by atoms with van der Waals surface area (Å²) in [4.78, 5) is 9.53. The van der Waals surface area contributed by atoms with E-state index in [0.717, 1.165) is 56.7 Å². The second-order valence-corrected chi connectivity index (χ2v) is 9.05. The maximum Gasteiger partial charge on any atom is 0.193 e. The number of ether oxygens (including phenoxy) is 1. The Balaban J connectivity index is 0.00000205. The van der Waals surface area contributed by atoms with Gasteiger partial charge in [0.2, 0.25) is 0 Å². The van der Waals surface area contributed by atoms with Crippen LogP contribution in [-0.4, -0.2) is 72.9 Å². The van der Waals surface area contributed by atoms with Crippen LogP contribution in [0.4, 0.5) is 0 Å². The average Bonchev–Trinajstić information content (AvgIpc) is 3.44. The van der Waals surface area contributed by atoms with E-state index in [2.05, 4.69) is 25.3 Å². The topological polar surface area (TPSA) is 66.1 Å². The first-order valence-corrected chi connectivity index (χ1v) is 10.9. The summed E-state index contributed by atoms with van der Waals surface area (Å²) < 4.78 is 11.3. The highest BCUT2D eigenvalue weighted by molar-refractivity contribution is 14.0. The zero-order chi connectivity index (χ0) is 19.1. The first-order chi connectivity index (χ1) is 13.7. The first kappa shape index (κ1) is 21.4. The molecule has 2 saturated carbocycles. The van der Waals surface area contributed by atoms with E-state index in [1.165, 1.54) is 32.1 Å². The Hall–Kier alpha value is -0.870. The molecular weight excluding hydrogens is 481 g/mol. The molecule has 8 heteroatoms. The summed E-state index contributed by atoms with van der Waals surface area (Å²) in [5.41, 5.74) is 1.39. The van der Waals surface area contributed by atoms with Crippen molar-refractivity contribution in [2.24, 2.45) is 16.3 Å². The number of fused-ring (bicyclic) bond motifs is 2. The molecule has 2 saturated heterocycles. The van der Waals surface area contributed by atoms with Gasteiger partial charge in [-0.15, -0.1) is 24.0 Å². The fourth-order valence-corrected chi connectivity index (χ4v) is 6.18. The lowest BCUT2D eigenvalue weighted by Gasteiger charge is -2.57. The zero-order valence-corrected chi connectivity index (χ0v) is 19.9. The van der Waals surface area contributed by atoms with Crippen LogP contribution in [0.2, 0.25) is 0 Å². The highest BCUT2D eigenvalue weighted by Crippen LogP contribution is 2.60. The molecule has 1 spiro atoms. The number of guanidine groups is 1. The Kier molecular flexibility index (Phi) is 6.41. The number of aliphatic imine (C=N–C) groups is 1. The van der Waals surface area contributed by atoms with Crippen LogP contribution in [-0.2, 0) is 11.3 Å². The second-order valence-electron chi connectivity index (χ2n) is 9.05. The van der Waals surface area contributed by atoms with Gasteiger partial charge in [0.15, 0.2) is 5.96 Å². The minimum absolute atomic E-state index is 0. The van der Waals surface area contributed by atoms with Crippen LogP contribution in [0.3, 0.4) is 0 Å². The SMILES string of the molecule is CN=C(NC1C2CCOC2C12CCCC2)N1CCN(Cc2cc(C)on2)CC1.I. The van der Waals surface area contributed by atoms with E-state index in [9.17, 15) is 0 Å². The Morgan fingerprint density at radius 1 is 1.28 bits per heavy atom. The fourth-order valence-electron chi connectivity index (χ4n) is 6.18. The van der Waals surface area contributed by atoms with Gasteiger partial charge in [-0.1, -0.05) is 18.0 Å². The molecule has 2 aliphatic carbocycles. The van der Waals surface area contributed by atoms with Crippen molar-refractivity contribution in [3.63, 3.8) is 0 Å². The summed E-state index contributed by atoms with van der Waals surface area (Å²) in [6, 6.07) is 2.57. The van der Waals surface area contributed by atoms with Crippen LogP contribution in [0, 0.1) is 18.3 Å². The molecule has 162 valence electrons. The predicted octanol–water partition coefficient (Wildman–Crippen LogP) is 2.64. The van der Waals surface area contributed by atoms with Crippen LogP contribution in [0.25, 0.3) is 0 Å². The van der Waals surface area contributed by atoms with Gasteiger partial charge in [-0.25, -0.2) is 0 Å². The van der Waals surface area contributed by atoms with Crippen molar-refractivity contribution in [2.45, 2.75) is 57.7 Å². The Morgan fingerprint density at radius 2 is 2.03 bits per heavy atom. The number of nitrogens with zero attached hydrogens (tertiary/aromatic N) is 4. The van der Waals surface area contributed by atoms with E-state index in [1.807, 2.05) is 20.0 Å². The third-order valence-electron chi connectivity index (χ3n) is 7.52. The van der Waals surface area contributed by atoms with Gasteiger partial charge >= 0.3 is 0 Å². The molecule has 5 rings (SSSR count). The molecule has 2 aliphatic heterocycles. The maximum atomic E-state index is 6.14.